The number of hydrogen-bond donors (Lipinski definition) is 1. The molecule has 3 aromatic heterocycles. The number of carbonyl (C=O) groups is 2. The molecule has 12 heteroatoms. The Kier molecular flexibility index (Phi) is 7.31. The minimum atomic E-state index is -4.78. The minimum Gasteiger partial charge on any atom is -0.462 e. The van der Waals surface area contributed by atoms with Crippen molar-refractivity contribution in [2.24, 2.45) is 0 Å². The highest BCUT2D eigenvalue weighted by Crippen LogP contribution is 2.33. The number of halogens is 3. The number of esters is 1. The SMILES string of the molecule is CCOC(=O)c1cnn(-c2ccccc2)c1NC(=O)c1cnn2c(C(F)(F)F)cc(-c3ccc(C(C)C)cc3)nc12. The van der Waals surface area contributed by atoms with Gasteiger partial charge in [-0.25, -0.2) is 19.0 Å². The van der Waals surface area contributed by atoms with Gasteiger partial charge in [0.05, 0.1) is 30.4 Å². The molecule has 5 rings (SSSR count). The Morgan fingerprint density at radius 2 is 1.66 bits per heavy atom. The number of para-hydroxylation sites is 1. The van der Waals surface area contributed by atoms with Crippen molar-refractivity contribution in [3.63, 3.8) is 0 Å². The van der Waals surface area contributed by atoms with E-state index in [4.69, 9.17) is 4.74 Å². The molecular formula is C29H25F3N6O3. The number of benzene rings is 2. The second-order valence-electron chi connectivity index (χ2n) is 9.42. The van der Waals surface area contributed by atoms with Gasteiger partial charge in [-0.15, -0.1) is 0 Å². The Hall–Kier alpha value is -5.00. The van der Waals surface area contributed by atoms with Crippen molar-refractivity contribution < 1.29 is 27.5 Å². The van der Waals surface area contributed by atoms with Gasteiger partial charge in [0.2, 0.25) is 0 Å². The summed E-state index contributed by atoms with van der Waals surface area (Å²) >= 11 is 0. The number of anilines is 1. The molecule has 0 fully saturated rings. The Balaban J connectivity index is 1.61. The standard InChI is InChI=1S/C29H25F3N6O3/c1-4-41-28(40)22-16-33-37(20-8-6-5-7-9-20)26(22)36-27(39)21-15-34-38-24(29(30,31)32)14-23(35-25(21)38)19-12-10-18(11-13-19)17(2)3/h5-17H,4H2,1-3H3,(H,36,39). The summed E-state index contributed by atoms with van der Waals surface area (Å²) in [6.45, 7) is 5.74. The molecule has 0 bridgehead atoms. The van der Waals surface area contributed by atoms with E-state index in [0.29, 0.717) is 15.8 Å². The molecule has 0 saturated heterocycles. The molecule has 2 aromatic carbocycles. The molecule has 0 aliphatic rings. The summed E-state index contributed by atoms with van der Waals surface area (Å²) in [6.07, 6.45) is -2.53. The van der Waals surface area contributed by atoms with Crippen LogP contribution in [-0.4, -0.2) is 42.9 Å². The van der Waals surface area contributed by atoms with Gasteiger partial charge >= 0.3 is 12.1 Å². The molecule has 9 nitrogen and oxygen atoms in total. The van der Waals surface area contributed by atoms with Crippen molar-refractivity contribution in [1.82, 2.24) is 24.4 Å². The van der Waals surface area contributed by atoms with Gasteiger partial charge in [-0.1, -0.05) is 56.3 Å². The van der Waals surface area contributed by atoms with Crippen molar-refractivity contribution in [2.75, 3.05) is 11.9 Å². The second kappa shape index (κ2) is 10.9. The molecule has 0 saturated carbocycles. The third-order valence-electron chi connectivity index (χ3n) is 6.38. The van der Waals surface area contributed by atoms with Gasteiger partial charge in [-0.3, -0.25) is 4.79 Å². The summed E-state index contributed by atoms with van der Waals surface area (Å²) in [5.41, 5.74) is 0.361. The number of nitrogens with one attached hydrogen (secondary N) is 1. The normalized spacial score (nSPS) is 11.7. The van der Waals surface area contributed by atoms with E-state index in [9.17, 15) is 22.8 Å². The molecule has 0 atom stereocenters. The molecule has 1 N–H and O–H groups in total. The van der Waals surface area contributed by atoms with Gasteiger partial charge in [0.15, 0.2) is 17.2 Å². The lowest BCUT2D eigenvalue weighted by atomic mass is 10.0. The molecular weight excluding hydrogens is 537 g/mol. The van der Waals surface area contributed by atoms with Crippen LogP contribution < -0.4 is 5.32 Å². The predicted molar refractivity (Wildman–Crippen MR) is 145 cm³/mol. The average Bonchev–Trinajstić information content (AvgIpc) is 3.57. The molecule has 210 valence electrons. The van der Waals surface area contributed by atoms with E-state index in [1.165, 1.54) is 10.9 Å². The minimum absolute atomic E-state index is 0.0181. The van der Waals surface area contributed by atoms with Crippen LogP contribution in [-0.2, 0) is 10.9 Å². The fourth-order valence-corrected chi connectivity index (χ4v) is 4.28. The predicted octanol–water partition coefficient (Wildman–Crippen LogP) is 6.15. The largest absolute Gasteiger partial charge is 0.462 e. The molecule has 0 aliphatic carbocycles. The van der Waals surface area contributed by atoms with Crippen molar-refractivity contribution in [2.45, 2.75) is 32.9 Å². The van der Waals surface area contributed by atoms with Crippen LogP contribution >= 0.6 is 0 Å². The van der Waals surface area contributed by atoms with E-state index in [2.05, 4.69) is 20.5 Å². The Morgan fingerprint density at radius 3 is 2.29 bits per heavy atom. The average molecular weight is 563 g/mol. The molecule has 0 radical (unpaired) electrons. The molecule has 41 heavy (non-hydrogen) atoms. The second-order valence-corrected chi connectivity index (χ2v) is 9.42. The number of rotatable bonds is 7. The maximum atomic E-state index is 14.1. The first-order valence-corrected chi connectivity index (χ1v) is 12.8. The lowest BCUT2D eigenvalue weighted by Crippen LogP contribution is -2.19. The van der Waals surface area contributed by atoms with Gasteiger partial charge in [0.25, 0.3) is 5.91 Å². The van der Waals surface area contributed by atoms with Crippen LogP contribution in [0.4, 0.5) is 19.0 Å². The van der Waals surface area contributed by atoms with Gasteiger partial charge in [0.1, 0.15) is 11.1 Å². The third-order valence-corrected chi connectivity index (χ3v) is 6.38. The number of aromatic nitrogens is 5. The number of fused-ring (bicyclic) bond motifs is 1. The van der Waals surface area contributed by atoms with E-state index in [1.54, 1.807) is 49.4 Å². The fraction of sp³-hybridized carbons (Fsp3) is 0.207. The first kappa shape index (κ1) is 27.6. The molecule has 3 heterocycles. The van der Waals surface area contributed by atoms with E-state index in [1.807, 2.05) is 26.0 Å². The zero-order valence-electron chi connectivity index (χ0n) is 22.3. The monoisotopic (exact) mass is 562 g/mol. The summed E-state index contributed by atoms with van der Waals surface area (Å²) in [4.78, 5) is 30.6. The van der Waals surface area contributed by atoms with Crippen LogP contribution in [0.2, 0.25) is 0 Å². The Morgan fingerprint density at radius 1 is 0.976 bits per heavy atom. The lowest BCUT2D eigenvalue weighted by Gasteiger charge is -2.13. The number of amides is 1. The highest BCUT2D eigenvalue weighted by Gasteiger charge is 2.36. The maximum absolute atomic E-state index is 14.1. The smallest absolute Gasteiger partial charge is 0.433 e. The first-order valence-electron chi connectivity index (χ1n) is 12.8. The van der Waals surface area contributed by atoms with Crippen LogP contribution in [0.5, 0.6) is 0 Å². The van der Waals surface area contributed by atoms with Gasteiger partial charge in [-0.2, -0.15) is 23.4 Å². The number of carbonyl (C=O) groups excluding carboxylic acids is 2. The van der Waals surface area contributed by atoms with E-state index in [0.717, 1.165) is 17.8 Å². The summed E-state index contributed by atoms with van der Waals surface area (Å²) in [5, 5.41) is 10.7. The van der Waals surface area contributed by atoms with Crippen LogP contribution in [0.3, 0.4) is 0 Å². The highest BCUT2D eigenvalue weighted by atomic mass is 19.4. The highest BCUT2D eigenvalue weighted by molar-refractivity contribution is 6.10. The quantitative estimate of drug-likeness (QED) is 0.239. The fourth-order valence-electron chi connectivity index (χ4n) is 4.28. The van der Waals surface area contributed by atoms with E-state index < -0.39 is 23.7 Å². The maximum Gasteiger partial charge on any atom is 0.433 e. The molecule has 5 aromatic rings. The van der Waals surface area contributed by atoms with Crippen LogP contribution in [0.15, 0.2) is 73.1 Å². The Labute approximate surface area is 232 Å². The zero-order chi connectivity index (χ0) is 29.3. The lowest BCUT2D eigenvalue weighted by molar-refractivity contribution is -0.142. The van der Waals surface area contributed by atoms with Crippen molar-refractivity contribution in [3.05, 3.63) is 95.4 Å². The molecule has 0 aliphatic heterocycles. The zero-order valence-corrected chi connectivity index (χ0v) is 22.3. The van der Waals surface area contributed by atoms with E-state index >= 15 is 0 Å². The molecule has 0 spiro atoms. The summed E-state index contributed by atoms with van der Waals surface area (Å²) in [6, 6.07) is 16.6. The van der Waals surface area contributed by atoms with Crippen LogP contribution in [0.1, 0.15) is 58.7 Å². The van der Waals surface area contributed by atoms with Crippen molar-refractivity contribution >= 4 is 23.3 Å². The first-order chi connectivity index (χ1) is 19.6. The number of hydrogen-bond acceptors (Lipinski definition) is 6. The summed E-state index contributed by atoms with van der Waals surface area (Å²) in [7, 11) is 0. The Bertz CT molecular complexity index is 1720. The number of ether oxygens (including phenoxy) is 1. The van der Waals surface area contributed by atoms with Crippen LogP contribution in [0.25, 0.3) is 22.6 Å². The van der Waals surface area contributed by atoms with Gasteiger partial charge in [0, 0.05) is 5.56 Å². The summed E-state index contributed by atoms with van der Waals surface area (Å²) < 4.78 is 49.3. The molecule has 0 unspecified atom stereocenters. The third kappa shape index (κ3) is 5.40. The number of nitrogens with zero attached hydrogens (tertiary/aromatic N) is 5. The van der Waals surface area contributed by atoms with Gasteiger partial charge in [-0.05, 0) is 36.6 Å². The number of alkyl halides is 3. The van der Waals surface area contributed by atoms with Crippen molar-refractivity contribution in [3.8, 4) is 16.9 Å². The molecule has 1 amide bonds. The van der Waals surface area contributed by atoms with Gasteiger partial charge < -0.3 is 10.1 Å². The van der Waals surface area contributed by atoms with Crippen molar-refractivity contribution in [1.29, 1.82) is 0 Å². The topological polar surface area (TPSA) is 103 Å². The summed E-state index contributed by atoms with van der Waals surface area (Å²) in [5.74, 6) is -1.35. The van der Waals surface area contributed by atoms with E-state index in [-0.39, 0.29) is 40.8 Å². The van der Waals surface area contributed by atoms with Crippen LogP contribution in [0, 0.1) is 0 Å².